The number of aromatic nitrogens is 2. The second-order valence-electron chi connectivity index (χ2n) is 6.63. The topological polar surface area (TPSA) is 58.5 Å². The van der Waals surface area contributed by atoms with Crippen LogP contribution in [0, 0.1) is 5.41 Å². The van der Waals surface area contributed by atoms with E-state index in [1.54, 1.807) is 0 Å². The van der Waals surface area contributed by atoms with Crippen molar-refractivity contribution < 1.29 is 9.84 Å². The number of piperidine rings is 1. The van der Waals surface area contributed by atoms with Gasteiger partial charge >= 0.3 is 0 Å². The van der Waals surface area contributed by atoms with Crippen LogP contribution in [-0.4, -0.2) is 47.0 Å². The van der Waals surface area contributed by atoms with Gasteiger partial charge in [-0.2, -0.15) is 0 Å². The molecular weight excluding hydrogens is 290 g/mol. The summed E-state index contributed by atoms with van der Waals surface area (Å²) in [5.74, 6) is 0.931. The van der Waals surface area contributed by atoms with E-state index < -0.39 is 0 Å². The Morgan fingerprint density at radius 3 is 2.70 bits per heavy atom. The molecule has 122 valence electrons. The third kappa shape index (κ3) is 2.39. The van der Waals surface area contributed by atoms with Crippen molar-refractivity contribution in [3.63, 3.8) is 0 Å². The minimum absolute atomic E-state index is 0.0449. The van der Waals surface area contributed by atoms with Gasteiger partial charge in [0.25, 0.3) is 0 Å². The molecule has 1 spiro atoms. The predicted molar refractivity (Wildman–Crippen MR) is 89.5 cm³/mol. The van der Waals surface area contributed by atoms with Gasteiger partial charge in [0.2, 0.25) is 0 Å². The van der Waals surface area contributed by atoms with Crippen molar-refractivity contribution in [3.8, 4) is 0 Å². The molecule has 2 fully saturated rings. The Labute approximate surface area is 136 Å². The molecule has 1 aromatic heterocycles. The minimum Gasteiger partial charge on any atom is -0.392 e. The summed E-state index contributed by atoms with van der Waals surface area (Å²) in [7, 11) is 0. The van der Waals surface area contributed by atoms with Gasteiger partial charge in [0.05, 0.1) is 29.4 Å². The Balaban J connectivity index is 1.50. The average molecular weight is 313 g/mol. The first-order valence-electron chi connectivity index (χ1n) is 8.49. The number of rotatable bonds is 3. The summed E-state index contributed by atoms with van der Waals surface area (Å²) in [6, 6.07) is 7.95. The summed E-state index contributed by atoms with van der Waals surface area (Å²) in [5.41, 5.74) is 1.81. The molecule has 1 N–H and O–H groups in total. The van der Waals surface area contributed by atoms with Crippen molar-refractivity contribution >= 4 is 16.9 Å². The van der Waals surface area contributed by atoms with Gasteiger partial charge in [-0.05, 0) is 31.9 Å². The second kappa shape index (κ2) is 5.73. The smallest absolute Gasteiger partial charge is 0.147 e. The number of anilines is 1. The Bertz CT molecular complexity index is 695. The Hall–Kier alpha value is -1.72. The van der Waals surface area contributed by atoms with E-state index >= 15 is 0 Å². The lowest BCUT2D eigenvalue weighted by atomic mass is 9.58. The van der Waals surface area contributed by atoms with E-state index in [4.69, 9.17) is 9.72 Å². The van der Waals surface area contributed by atoms with Crippen LogP contribution in [0.4, 0.5) is 5.82 Å². The zero-order valence-electron chi connectivity index (χ0n) is 13.5. The van der Waals surface area contributed by atoms with Crippen molar-refractivity contribution in [2.45, 2.75) is 38.4 Å². The van der Waals surface area contributed by atoms with Crippen LogP contribution in [0.15, 0.2) is 30.5 Å². The number of fused-ring (bicyclic) bond motifs is 1. The summed E-state index contributed by atoms with van der Waals surface area (Å²) in [6.45, 7) is 4.54. The van der Waals surface area contributed by atoms with Crippen LogP contribution in [0.3, 0.4) is 0 Å². The number of hydrogen-bond donors (Lipinski definition) is 1. The molecule has 2 heterocycles. The van der Waals surface area contributed by atoms with Crippen molar-refractivity contribution in [2.75, 3.05) is 24.6 Å². The molecule has 0 radical (unpaired) electrons. The molecule has 2 aromatic rings. The fourth-order valence-electron chi connectivity index (χ4n) is 4.07. The van der Waals surface area contributed by atoms with E-state index in [2.05, 4.69) is 9.88 Å². The second-order valence-corrected chi connectivity index (χ2v) is 6.63. The van der Waals surface area contributed by atoms with E-state index in [0.29, 0.717) is 0 Å². The van der Waals surface area contributed by atoms with Gasteiger partial charge in [0.15, 0.2) is 0 Å². The summed E-state index contributed by atoms with van der Waals surface area (Å²) >= 11 is 0. The molecule has 5 nitrogen and oxygen atoms in total. The molecule has 1 aliphatic heterocycles. The van der Waals surface area contributed by atoms with E-state index in [1.165, 1.54) is 0 Å². The van der Waals surface area contributed by atoms with Gasteiger partial charge in [-0.1, -0.05) is 12.1 Å². The molecule has 5 heteroatoms. The summed E-state index contributed by atoms with van der Waals surface area (Å²) in [6.07, 6.45) is 4.54. The highest BCUT2D eigenvalue weighted by molar-refractivity contribution is 5.75. The SMILES string of the molecule is CCO[C@@H]1C[C@H](O)C12CCN(c1cnc3ccccc3n1)CC2. The molecule has 23 heavy (non-hydrogen) atoms. The van der Waals surface area contributed by atoms with Gasteiger partial charge in [-0.15, -0.1) is 0 Å². The van der Waals surface area contributed by atoms with Gasteiger partial charge in [0, 0.05) is 31.5 Å². The molecule has 2 aliphatic rings. The largest absolute Gasteiger partial charge is 0.392 e. The Morgan fingerprint density at radius 1 is 1.26 bits per heavy atom. The van der Waals surface area contributed by atoms with Gasteiger partial charge in [-0.3, -0.25) is 4.98 Å². The molecule has 1 aromatic carbocycles. The van der Waals surface area contributed by atoms with Crippen molar-refractivity contribution in [1.29, 1.82) is 0 Å². The maximum atomic E-state index is 10.3. The minimum atomic E-state index is -0.219. The molecule has 1 saturated carbocycles. The number of nitrogens with zero attached hydrogens (tertiary/aromatic N) is 3. The fourth-order valence-corrected chi connectivity index (χ4v) is 4.07. The summed E-state index contributed by atoms with van der Waals surface area (Å²) in [4.78, 5) is 11.5. The number of para-hydroxylation sites is 2. The van der Waals surface area contributed by atoms with Crippen LogP contribution >= 0.6 is 0 Å². The van der Waals surface area contributed by atoms with Gasteiger partial charge in [0.1, 0.15) is 5.82 Å². The Kier molecular flexibility index (Phi) is 3.70. The average Bonchev–Trinajstić information content (AvgIpc) is 2.61. The molecule has 1 saturated heterocycles. The van der Waals surface area contributed by atoms with E-state index in [9.17, 15) is 5.11 Å². The van der Waals surface area contributed by atoms with E-state index in [-0.39, 0.29) is 17.6 Å². The van der Waals surface area contributed by atoms with Gasteiger partial charge < -0.3 is 14.7 Å². The van der Waals surface area contributed by atoms with Crippen LogP contribution in [-0.2, 0) is 4.74 Å². The van der Waals surface area contributed by atoms with Crippen molar-refractivity contribution in [1.82, 2.24) is 9.97 Å². The summed E-state index contributed by atoms with van der Waals surface area (Å²) in [5, 5.41) is 10.3. The predicted octanol–water partition coefficient (Wildman–Crippen LogP) is 2.39. The van der Waals surface area contributed by atoms with Crippen LogP contribution in [0.25, 0.3) is 11.0 Å². The zero-order valence-corrected chi connectivity index (χ0v) is 13.5. The maximum Gasteiger partial charge on any atom is 0.147 e. The molecule has 0 bridgehead atoms. The summed E-state index contributed by atoms with van der Waals surface area (Å²) < 4.78 is 5.83. The first-order valence-corrected chi connectivity index (χ1v) is 8.49. The lowest BCUT2D eigenvalue weighted by Crippen LogP contribution is -2.62. The van der Waals surface area contributed by atoms with Gasteiger partial charge in [-0.25, -0.2) is 4.98 Å². The van der Waals surface area contributed by atoms with E-state index in [0.717, 1.165) is 55.8 Å². The fraction of sp³-hybridized carbons (Fsp3) is 0.556. The van der Waals surface area contributed by atoms with Crippen LogP contribution in [0.1, 0.15) is 26.2 Å². The number of ether oxygens (including phenoxy) is 1. The monoisotopic (exact) mass is 313 g/mol. The van der Waals surface area contributed by atoms with E-state index in [1.807, 2.05) is 37.4 Å². The highest BCUT2D eigenvalue weighted by atomic mass is 16.5. The Morgan fingerprint density at radius 2 is 2.00 bits per heavy atom. The van der Waals surface area contributed by atoms with Crippen LogP contribution in [0.2, 0.25) is 0 Å². The molecular formula is C18H23N3O2. The first-order chi connectivity index (χ1) is 11.2. The van der Waals surface area contributed by atoms with Crippen LogP contribution in [0.5, 0.6) is 0 Å². The third-order valence-corrected chi connectivity index (χ3v) is 5.56. The number of aliphatic hydroxyl groups excluding tert-OH is 1. The number of benzene rings is 1. The quantitative estimate of drug-likeness (QED) is 0.943. The third-order valence-electron chi connectivity index (χ3n) is 5.56. The lowest BCUT2D eigenvalue weighted by molar-refractivity contribution is -0.199. The molecule has 4 rings (SSSR count). The standard InChI is InChI=1S/C18H23N3O2/c1-2-23-16-11-15(22)18(16)7-9-21(10-8-18)17-12-19-13-5-3-4-6-14(13)20-17/h3-6,12,15-16,22H,2,7-11H2,1H3/t15-,16+/m0/s1. The van der Waals surface area contributed by atoms with Crippen molar-refractivity contribution in [2.24, 2.45) is 5.41 Å². The molecule has 0 unspecified atom stereocenters. The molecule has 2 atom stereocenters. The molecule has 1 aliphatic carbocycles. The maximum absolute atomic E-state index is 10.3. The highest BCUT2D eigenvalue weighted by Gasteiger charge is 2.56. The lowest BCUT2D eigenvalue weighted by Gasteiger charge is -2.56. The number of aliphatic hydroxyl groups is 1. The number of hydrogen-bond acceptors (Lipinski definition) is 5. The first kappa shape index (κ1) is 14.8. The molecule has 0 amide bonds. The normalized spacial score (nSPS) is 26.4. The van der Waals surface area contributed by atoms with Crippen LogP contribution < -0.4 is 4.90 Å². The zero-order chi connectivity index (χ0) is 15.9. The highest BCUT2D eigenvalue weighted by Crippen LogP contribution is 2.51. The van der Waals surface area contributed by atoms with Crippen molar-refractivity contribution in [3.05, 3.63) is 30.5 Å².